The number of rotatable bonds is 7. The molecule has 1 aliphatic carbocycles. The first-order valence-electron chi connectivity index (χ1n) is 9.42. The van der Waals surface area contributed by atoms with Crippen LogP contribution in [0.5, 0.6) is 0 Å². The van der Waals surface area contributed by atoms with Gasteiger partial charge in [-0.25, -0.2) is 4.79 Å². The molecule has 1 aromatic carbocycles. The molecule has 0 aliphatic heterocycles. The number of nitrogens with zero attached hydrogens (tertiary/aromatic N) is 2. The van der Waals surface area contributed by atoms with Gasteiger partial charge in [-0.1, -0.05) is 25.0 Å². The summed E-state index contributed by atoms with van der Waals surface area (Å²) in [7, 11) is 1.85. The van der Waals surface area contributed by atoms with Crippen LogP contribution in [0.4, 0.5) is 10.5 Å². The molecule has 0 saturated heterocycles. The maximum atomic E-state index is 12.3. The van der Waals surface area contributed by atoms with E-state index in [9.17, 15) is 9.59 Å². The number of anilines is 1. The highest BCUT2D eigenvalue weighted by atomic mass is 16.2. The molecule has 1 aromatic rings. The van der Waals surface area contributed by atoms with E-state index in [-0.39, 0.29) is 11.9 Å². The third-order valence-corrected chi connectivity index (χ3v) is 5.03. The molecule has 0 spiro atoms. The Bertz CT molecular complexity index is 561. The van der Waals surface area contributed by atoms with Gasteiger partial charge in [-0.3, -0.25) is 4.79 Å². The second-order valence-electron chi connectivity index (χ2n) is 6.90. The molecule has 3 amide bonds. The quantitative estimate of drug-likeness (QED) is 0.818. The van der Waals surface area contributed by atoms with Gasteiger partial charge in [0.2, 0.25) is 5.91 Å². The van der Waals surface area contributed by atoms with Gasteiger partial charge in [-0.2, -0.15) is 0 Å². The van der Waals surface area contributed by atoms with Crippen molar-refractivity contribution >= 4 is 17.6 Å². The predicted octanol–water partition coefficient (Wildman–Crippen LogP) is 3.75. The predicted molar refractivity (Wildman–Crippen MR) is 102 cm³/mol. The van der Waals surface area contributed by atoms with Crippen molar-refractivity contribution in [3.05, 3.63) is 29.8 Å². The van der Waals surface area contributed by atoms with E-state index in [0.29, 0.717) is 12.3 Å². The zero-order chi connectivity index (χ0) is 18.2. The largest absolute Gasteiger partial charge is 0.343 e. The van der Waals surface area contributed by atoms with Gasteiger partial charge in [0.15, 0.2) is 0 Å². The molecule has 0 radical (unpaired) electrons. The van der Waals surface area contributed by atoms with Crippen LogP contribution in [-0.2, 0) is 11.2 Å². The van der Waals surface area contributed by atoms with E-state index in [2.05, 4.69) is 5.32 Å². The van der Waals surface area contributed by atoms with Gasteiger partial charge in [0.05, 0.1) is 6.42 Å². The topological polar surface area (TPSA) is 52.7 Å². The van der Waals surface area contributed by atoms with Crippen molar-refractivity contribution in [1.29, 1.82) is 0 Å². The summed E-state index contributed by atoms with van der Waals surface area (Å²) >= 11 is 0. The summed E-state index contributed by atoms with van der Waals surface area (Å²) < 4.78 is 0. The number of amides is 3. The second-order valence-corrected chi connectivity index (χ2v) is 6.90. The monoisotopic (exact) mass is 345 g/mol. The fourth-order valence-electron chi connectivity index (χ4n) is 3.45. The Kier molecular flexibility index (Phi) is 7.29. The second kappa shape index (κ2) is 9.44. The van der Waals surface area contributed by atoms with Gasteiger partial charge in [0, 0.05) is 32.4 Å². The number of likely N-dealkylation sites (N-methyl/N-ethyl adjacent to an activating group) is 1. The summed E-state index contributed by atoms with van der Waals surface area (Å²) in [5, 5.41) is 2.93. The Morgan fingerprint density at radius 1 is 1.08 bits per heavy atom. The number of carbonyl (C=O) groups is 2. The third-order valence-electron chi connectivity index (χ3n) is 5.03. The van der Waals surface area contributed by atoms with E-state index in [1.807, 2.05) is 50.1 Å². The Labute approximate surface area is 151 Å². The van der Waals surface area contributed by atoms with Crippen LogP contribution in [0.1, 0.15) is 45.1 Å². The Morgan fingerprint density at radius 3 is 2.24 bits per heavy atom. The van der Waals surface area contributed by atoms with Crippen LogP contribution in [0.15, 0.2) is 24.3 Å². The van der Waals surface area contributed by atoms with Crippen LogP contribution < -0.4 is 5.32 Å². The van der Waals surface area contributed by atoms with Crippen molar-refractivity contribution in [3.63, 3.8) is 0 Å². The molecule has 5 heteroatoms. The van der Waals surface area contributed by atoms with Crippen LogP contribution in [0, 0.1) is 5.92 Å². The molecule has 0 unspecified atom stereocenters. The third kappa shape index (κ3) is 5.76. The van der Waals surface area contributed by atoms with E-state index in [1.54, 1.807) is 4.90 Å². The Balaban J connectivity index is 1.84. The Hall–Kier alpha value is -2.04. The van der Waals surface area contributed by atoms with E-state index < -0.39 is 0 Å². The van der Waals surface area contributed by atoms with Crippen molar-refractivity contribution in [1.82, 2.24) is 9.80 Å². The van der Waals surface area contributed by atoms with Gasteiger partial charge in [0.1, 0.15) is 0 Å². The highest BCUT2D eigenvalue weighted by Crippen LogP contribution is 2.25. The van der Waals surface area contributed by atoms with Crippen LogP contribution >= 0.6 is 0 Å². The van der Waals surface area contributed by atoms with Crippen molar-refractivity contribution in [2.75, 3.05) is 32.0 Å². The number of benzene rings is 1. The molecule has 0 heterocycles. The van der Waals surface area contributed by atoms with Gasteiger partial charge in [-0.05, 0) is 50.3 Å². The minimum atomic E-state index is -0.0705. The lowest BCUT2D eigenvalue weighted by atomic mass is 10.1. The minimum absolute atomic E-state index is 0.0705. The number of hydrogen-bond acceptors (Lipinski definition) is 2. The van der Waals surface area contributed by atoms with E-state index in [0.717, 1.165) is 30.9 Å². The molecule has 5 nitrogen and oxygen atoms in total. The van der Waals surface area contributed by atoms with Gasteiger partial charge in [-0.15, -0.1) is 0 Å². The molecule has 1 aliphatic rings. The summed E-state index contributed by atoms with van der Waals surface area (Å²) in [4.78, 5) is 28.0. The average Bonchev–Trinajstić information content (AvgIpc) is 3.10. The van der Waals surface area contributed by atoms with Gasteiger partial charge < -0.3 is 15.1 Å². The first kappa shape index (κ1) is 19.3. The zero-order valence-corrected chi connectivity index (χ0v) is 15.8. The number of nitrogens with one attached hydrogen (secondary N) is 1. The highest BCUT2D eigenvalue weighted by Gasteiger charge is 2.19. The van der Waals surface area contributed by atoms with E-state index >= 15 is 0 Å². The van der Waals surface area contributed by atoms with Crippen molar-refractivity contribution in [3.8, 4) is 0 Å². The lowest BCUT2D eigenvalue weighted by molar-refractivity contribution is -0.130. The fourth-order valence-corrected chi connectivity index (χ4v) is 3.45. The smallest absolute Gasteiger partial charge is 0.321 e. The lowest BCUT2D eigenvalue weighted by Gasteiger charge is -2.21. The molecular formula is C20H31N3O2. The number of carbonyl (C=O) groups excluding carboxylic acids is 2. The fraction of sp³-hybridized carbons (Fsp3) is 0.600. The van der Waals surface area contributed by atoms with Crippen LogP contribution in [0.2, 0.25) is 0 Å². The van der Waals surface area contributed by atoms with Gasteiger partial charge >= 0.3 is 6.03 Å². The summed E-state index contributed by atoms with van der Waals surface area (Å²) in [6.45, 7) is 6.26. The van der Waals surface area contributed by atoms with E-state index in [1.165, 1.54) is 25.7 Å². The summed E-state index contributed by atoms with van der Waals surface area (Å²) in [5.74, 6) is 0.780. The maximum Gasteiger partial charge on any atom is 0.321 e. The molecular weight excluding hydrogens is 314 g/mol. The summed E-state index contributed by atoms with van der Waals surface area (Å²) in [6, 6.07) is 7.49. The molecule has 1 fully saturated rings. The van der Waals surface area contributed by atoms with Crippen molar-refractivity contribution < 1.29 is 9.59 Å². The maximum absolute atomic E-state index is 12.3. The SMILES string of the molecule is CCN(CC)C(=O)Cc1ccc(NC(=O)N(C)CC2CCCC2)cc1. The standard InChI is InChI=1S/C20H31N3O2/c1-4-23(5-2)19(24)14-16-10-12-18(13-11-16)21-20(25)22(3)15-17-8-6-7-9-17/h10-13,17H,4-9,14-15H2,1-3H3,(H,21,25). The first-order chi connectivity index (χ1) is 12.0. The first-order valence-corrected chi connectivity index (χ1v) is 9.42. The molecule has 1 saturated carbocycles. The van der Waals surface area contributed by atoms with Crippen molar-refractivity contribution in [2.24, 2.45) is 5.92 Å². The van der Waals surface area contributed by atoms with E-state index in [4.69, 9.17) is 0 Å². The van der Waals surface area contributed by atoms with Crippen LogP contribution in [-0.4, -0.2) is 48.4 Å². The molecule has 138 valence electrons. The summed E-state index contributed by atoms with van der Waals surface area (Å²) in [6.07, 6.45) is 5.43. The highest BCUT2D eigenvalue weighted by molar-refractivity contribution is 5.89. The molecule has 0 atom stereocenters. The average molecular weight is 345 g/mol. The molecule has 2 rings (SSSR count). The van der Waals surface area contributed by atoms with Gasteiger partial charge in [0.25, 0.3) is 0 Å². The molecule has 0 aromatic heterocycles. The lowest BCUT2D eigenvalue weighted by Crippen LogP contribution is -2.34. The normalized spacial score (nSPS) is 14.4. The van der Waals surface area contributed by atoms with Crippen LogP contribution in [0.3, 0.4) is 0 Å². The molecule has 25 heavy (non-hydrogen) atoms. The van der Waals surface area contributed by atoms with Crippen molar-refractivity contribution in [2.45, 2.75) is 46.0 Å². The molecule has 1 N–H and O–H groups in total. The number of urea groups is 1. The summed E-state index contributed by atoms with van der Waals surface area (Å²) in [5.41, 5.74) is 1.73. The van der Waals surface area contributed by atoms with Crippen LogP contribution in [0.25, 0.3) is 0 Å². The minimum Gasteiger partial charge on any atom is -0.343 e. The zero-order valence-electron chi connectivity index (χ0n) is 15.8. The number of hydrogen-bond donors (Lipinski definition) is 1. The Morgan fingerprint density at radius 2 is 1.68 bits per heavy atom. The molecule has 0 bridgehead atoms.